The van der Waals surface area contributed by atoms with Gasteiger partial charge in [-0.25, -0.2) is 0 Å². The van der Waals surface area contributed by atoms with Gasteiger partial charge in [0, 0.05) is 13.6 Å². The fourth-order valence-electron chi connectivity index (χ4n) is 0.517. The number of rotatable bonds is 4. The van der Waals surface area contributed by atoms with Crippen molar-refractivity contribution in [3.63, 3.8) is 0 Å². The van der Waals surface area contributed by atoms with E-state index in [1.54, 1.807) is 0 Å². The van der Waals surface area contributed by atoms with Gasteiger partial charge in [-0.1, -0.05) is 19.1 Å². The molecule has 0 aromatic heterocycles. The summed E-state index contributed by atoms with van der Waals surface area (Å²) < 4.78 is 0. The van der Waals surface area contributed by atoms with Crippen LogP contribution in [0.15, 0.2) is 24.4 Å². The molecule has 0 aromatic carbocycles. The van der Waals surface area contributed by atoms with Crippen LogP contribution < -0.4 is 0 Å². The van der Waals surface area contributed by atoms with E-state index in [1.807, 2.05) is 0 Å². The Kier molecular flexibility index (Phi) is 5.94. The summed E-state index contributed by atoms with van der Waals surface area (Å²) in [6.45, 7) is 5.33. The molecule has 0 unspecified atom stereocenters. The standard InChI is InChI=1S/C9H17N/c1-4-6-7-8-9-10(3)5-2/h6-9H,4-5H2,1-3H3/b7-6-,9-8-. The van der Waals surface area contributed by atoms with Gasteiger partial charge in [0.05, 0.1) is 0 Å². The predicted octanol–water partition coefficient (Wildman–Crippen LogP) is 2.42. The molecule has 0 amide bonds. The van der Waals surface area contributed by atoms with Crippen molar-refractivity contribution in [3.8, 4) is 0 Å². The zero-order chi connectivity index (χ0) is 7.82. The average Bonchev–Trinajstić information content (AvgIpc) is 1.98. The Morgan fingerprint density at radius 2 is 1.90 bits per heavy atom. The average molecular weight is 139 g/mol. The highest BCUT2D eigenvalue weighted by atomic mass is 15.1. The monoisotopic (exact) mass is 139 g/mol. The van der Waals surface area contributed by atoms with E-state index in [9.17, 15) is 0 Å². The third-order valence-corrected chi connectivity index (χ3v) is 1.32. The van der Waals surface area contributed by atoms with E-state index in [2.05, 4.69) is 50.2 Å². The molecule has 0 aliphatic carbocycles. The lowest BCUT2D eigenvalue weighted by Crippen LogP contribution is -2.07. The van der Waals surface area contributed by atoms with Crippen LogP contribution in [0, 0.1) is 0 Å². The van der Waals surface area contributed by atoms with Crippen LogP contribution in [0.25, 0.3) is 0 Å². The number of nitrogens with zero attached hydrogens (tertiary/aromatic N) is 1. The van der Waals surface area contributed by atoms with E-state index >= 15 is 0 Å². The van der Waals surface area contributed by atoms with E-state index in [0.29, 0.717) is 0 Å². The maximum Gasteiger partial charge on any atom is 0.0140 e. The van der Waals surface area contributed by atoms with Crippen LogP contribution in [0.1, 0.15) is 20.3 Å². The SMILES string of the molecule is CC/C=C\C=C/N(C)CC. The highest BCUT2D eigenvalue weighted by Gasteiger charge is 1.78. The summed E-state index contributed by atoms with van der Waals surface area (Å²) in [6, 6.07) is 0. The van der Waals surface area contributed by atoms with E-state index in [4.69, 9.17) is 0 Å². The highest BCUT2D eigenvalue weighted by molar-refractivity contribution is 5.01. The second kappa shape index (κ2) is 6.40. The van der Waals surface area contributed by atoms with Crippen LogP contribution in [0.2, 0.25) is 0 Å². The van der Waals surface area contributed by atoms with E-state index < -0.39 is 0 Å². The van der Waals surface area contributed by atoms with Gasteiger partial charge >= 0.3 is 0 Å². The molecule has 0 spiro atoms. The Hall–Kier alpha value is -0.720. The van der Waals surface area contributed by atoms with Crippen molar-refractivity contribution in [1.29, 1.82) is 0 Å². The van der Waals surface area contributed by atoms with Gasteiger partial charge in [-0.05, 0) is 25.6 Å². The van der Waals surface area contributed by atoms with Crippen LogP contribution in [0.3, 0.4) is 0 Å². The fourth-order valence-corrected chi connectivity index (χ4v) is 0.517. The highest BCUT2D eigenvalue weighted by Crippen LogP contribution is 1.85. The minimum Gasteiger partial charge on any atom is -0.381 e. The maximum absolute atomic E-state index is 2.14. The number of allylic oxidation sites excluding steroid dienone is 3. The third kappa shape index (κ3) is 5.42. The molecule has 0 bridgehead atoms. The summed E-state index contributed by atoms with van der Waals surface area (Å²) in [5.41, 5.74) is 0. The van der Waals surface area contributed by atoms with Gasteiger partial charge in [-0.3, -0.25) is 0 Å². The molecule has 0 fully saturated rings. The zero-order valence-corrected chi connectivity index (χ0v) is 7.17. The first-order valence-electron chi connectivity index (χ1n) is 3.84. The first-order chi connectivity index (χ1) is 4.81. The summed E-state index contributed by atoms with van der Waals surface area (Å²) in [4.78, 5) is 2.14. The van der Waals surface area contributed by atoms with Gasteiger partial charge in [0.2, 0.25) is 0 Å². The van der Waals surface area contributed by atoms with Crippen LogP contribution in [0.4, 0.5) is 0 Å². The molecule has 0 atom stereocenters. The lowest BCUT2D eigenvalue weighted by Gasteiger charge is -2.07. The molecule has 0 rings (SSSR count). The normalized spacial score (nSPS) is 11.5. The minimum atomic E-state index is 1.07. The second-order valence-corrected chi connectivity index (χ2v) is 2.25. The molecule has 1 heteroatoms. The Morgan fingerprint density at radius 3 is 2.40 bits per heavy atom. The summed E-state index contributed by atoms with van der Waals surface area (Å²) in [7, 11) is 2.07. The molecular weight excluding hydrogens is 122 g/mol. The van der Waals surface area contributed by atoms with E-state index in [0.717, 1.165) is 13.0 Å². The molecule has 10 heavy (non-hydrogen) atoms. The van der Waals surface area contributed by atoms with Crippen molar-refractivity contribution in [2.45, 2.75) is 20.3 Å². The van der Waals surface area contributed by atoms with Gasteiger partial charge in [0.25, 0.3) is 0 Å². The van der Waals surface area contributed by atoms with Gasteiger partial charge < -0.3 is 4.90 Å². The molecule has 0 N–H and O–H groups in total. The van der Waals surface area contributed by atoms with Crippen LogP contribution >= 0.6 is 0 Å². The van der Waals surface area contributed by atoms with Gasteiger partial charge in [0.1, 0.15) is 0 Å². The lowest BCUT2D eigenvalue weighted by atomic mass is 10.4. The van der Waals surface area contributed by atoms with Crippen molar-refractivity contribution in [3.05, 3.63) is 24.4 Å². The van der Waals surface area contributed by atoms with Crippen molar-refractivity contribution < 1.29 is 0 Å². The summed E-state index contributed by atoms with van der Waals surface area (Å²) in [5, 5.41) is 0. The molecule has 0 aliphatic rings. The van der Waals surface area contributed by atoms with Crippen molar-refractivity contribution >= 4 is 0 Å². The van der Waals surface area contributed by atoms with Crippen molar-refractivity contribution in [2.24, 2.45) is 0 Å². The second-order valence-electron chi connectivity index (χ2n) is 2.25. The van der Waals surface area contributed by atoms with Gasteiger partial charge in [-0.15, -0.1) is 0 Å². The number of hydrogen-bond acceptors (Lipinski definition) is 1. The quantitative estimate of drug-likeness (QED) is 0.541. The lowest BCUT2D eigenvalue weighted by molar-refractivity contribution is 0.484. The van der Waals surface area contributed by atoms with Crippen LogP contribution in [-0.2, 0) is 0 Å². The Labute approximate surface area is 64.0 Å². The van der Waals surface area contributed by atoms with E-state index in [-0.39, 0.29) is 0 Å². The minimum absolute atomic E-state index is 1.07. The Bertz CT molecular complexity index is 114. The largest absolute Gasteiger partial charge is 0.381 e. The smallest absolute Gasteiger partial charge is 0.0140 e. The van der Waals surface area contributed by atoms with Crippen LogP contribution in [-0.4, -0.2) is 18.5 Å². The molecule has 1 nitrogen and oxygen atoms in total. The van der Waals surface area contributed by atoms with Crippen LogP contribution in [0.5, 0.6) is 0 Å². The Morgan fingerprint density at radius 1 is 1.20 bits per heavy atom. The molecule has 0 saturated heterocycles. The first kappa shape index (κ1) is 9.28. The summed E-state index contributed by atoms with van der Waals surface area (Å²) >= 11 is 0. The molecular formula is C9H17N. The third-order valence-electron chi connectivity index (χ3n) is 1.32. The maximum atomic E-state index is 2.14. The molecule has 58 valence electrons. The molecule has 0 aliphatic heterocycles. The molecule has 0 saturated carbocycles. The fraction of sp³-hybridized carbons (Fsp3) is 0.556. The molecule has 0 radical (unpaired) electrons. The zero-order valence-electron chi connectivity index (χ0n) is 7.17. The summed E-state index contributed by atoms with van der Waals surface area (Å²) in [6.07, 6.45) is 9.46. The van der Waals surface area contributed by atoms with Gasteiger partial charge in [-0.2, -0.15) is 0 Å². The molecule has 0 aromatic rings. The van der Waals surface area contributed by atoms with Crippen molar-refractivity contribution in [1.82, 2.24) is 4.90 Å². The first-order valence-corrected chi connectivity index (χ1v) is 3.84. The topological polar surface area (TPSA) is 3.24 Å². The number of hydrogen-bond donors (Lipinski definition) is 0. The predicted molar refractivity (Wildman–Crippen MR) is 46.9 cm³/mol. The molecule has 0 heterocycles. The van der Waals surface area contributed by atoms with Crippen molar-refractivity contribution in [2.75, 3.05) is 13.6 Å². The summed E-state index contributed by atoms with van der Waals surface area (Å²) in [5.74, 6) is 0. The van der Waals surface area contributed by atoms with E-state index in [1.165, 1.54) is 0 Å². The Balaban J connectivity index is 3.44. The van der Waals surface area contributed by atoms with Gasteiger partial charge in [0.15, 0.2) is 0 Å².